The summed E-state index contributed by atoms with van der Waals surface area (Å²) < 4.78 is 0. The molecule has 1 atom stereocenters. The highest BCUT2D eigenvalue weighted by Gasteiger charge is 2.28. The largest absolute Gasteiger partial charge is 0.341 e. The molecule has 1 heterocycles. The minimum Gasteiger partial charge on any atom is -0.341 e. The van der Waals surface area contributed by atoms with Crippen molar-refractivity contribution in [2.45, 2.75) is 31.7 Å². The summed E-state index contributed by atoms with van der Waals surface area (Å²) >= 11 is 0. The zero-order valence-corrected chi connectivity index (χ0v) is 12.0. The lowest BCUT2D eigenvalue weighted by molar-refractivity contribution is -0.136. The van der Waals surface area contributed by atoms with Crippen LogP contribution in [0.4, 0.5) is 0 Å². The van der Waals surface area contributed by atoms with Crippen molar-refractivity contribution < 1.29 is 4.79 Å². The summed E-state index contributed by atoms with van der Waals surface area (Å²) in [6.07, 6.45) is 6.01. The number of nitrogens with zero attached hydrogens (tertiary/aromatic N) is 3. The lowest BCUT2D eigenvalue weighted by Crippen LogP contribution is -2.48. The molecule has 1 aromatic rings. The number of carbonyl (C=O) groups is 1. The molecule has 1 amide bonds. The van der Waals surface area contributed by atoms with E-state index in [-0.39, 0.29) is 11.9 Å². The van der Waals surface area contributed by atoms with E-state index in [1.54, 1.807) is 7.05 Å². The van der Waals surface area contributed by atoms with Gasteiger partial charge >= 0.3 is 0 Å². The van der Waals surface area contributed by atoms with Crippen molar-refractivity contribution in [3.8, 4) is 6.19 Å². The van der Waals surface area contributed by atoms with Crippen molar-refractivity contribution in [1.29, 1.82) is 5.26 Å². The fourth-order valence-corrected chi connectivity index (χ4v) is 2.62. The van der Waals surface area contributed by atoms with Gasteiger partial charge in [0.15, 0.2) is 6.19 Å². The molecule has 0 radical (unpaired) electrons. The molecule has 0 aliphatic carbocycles. The summed E-state index contributed by atoms with van der Waals surface area (Å²) in [5, 5.41) is 9.14. The van der Waals surface area contributed by atoms with E-state index in [1.807, 2.05) is 35.2 Å². The number of benzene rings is 1. The van der Waals surface area contributed by atoms with Crippen LogP contribution in [0, 0.1) is 11.5 Å². The Balaban J connectivity index is 2.11. The first kappa shape index (κ1) is 14.4. The molecule has 1 unspecified atom stereocenters. The van der Waals surface area contributed by atoms with E-state index in [9.17, 15) is 4.79 Å². The first-order valence-corrected chi connectivity index (χ1v) is 7.17. The van der Waals surface area contributed by atoms with Gasteiger partial charge in [-0.15, -0.1) is 0 Å². The highest BCUT2D eigenvalue weighted by atomic mass is 16.2. The standard InChI is InChI=1S/C16H21N3O/c1-18(13-17)15(12-14-8-4-2-5-9-14)16(20)19-10-6-3-7-11-19/h2,4-5,8-9,15H,3,6-7,10-12H2,1H3. The summed E-state index contributed by atoms with van der Waals surface area (Å²) in [5.41, 5.74) is 1.09. The van der Waals surface area contributed by atoms with Gasteiger partial charge < -0.3 is 9.80 Å². The lowest BCUT2D eigenvalue weighted by Gasteiger charge is -2.32. The number of hydrogen-bond donors (Lipinski definition) is 0. The van der Waals surface area contributed by atoms with Crippen LogP contribution in [-0.4, -0.2) is 41.9 Å². The fraction of sp³-hybridized carbons (Fsp3) is 0.500. The predicted molar refractivity (Wildman–Crippen MR) is 77.7 cm³/mol. The quantitative estimate of drug-likeness (QED) is 0.622. The zero-order chi connectivity index (χ0) is 14.4. The molecule has 1 aromatic carbocycles. The molecule has 0 bridgehead atoms. The third-order valence-electron chi connectivity index (χ3n) is 3.85. The molecule has 0 spiro atoms. The number of hydrogen-bond acceptors (Lipinski definition) is 3. The fourth-order valence-electron chi connectivity index (χ4n) is 2.62. The molecule has 20 heavy (non-hydrogen) atoms. The van der Waals surface area contributed by atoms with Gasteiger partial charge in [-0.05, 0) is 24.8 Å². The molecule has 1 aliphatic heterocycles. The molecule has 1 aliphatic rings. The molecule has 0 aromatic heterocycles. The van der Waals surface area contributed by atoms with Crippen molar-refractivity contribution in [2.24, 2.45) is 0 Å². The predicted octanol–water partition coefficient (Wildman–Crippen LogP) is 2.02. The summed E-state index contributed by atoms with van der Waals surface area (Å²) in [6.45, 7) is 1.65. The third-order valence-corrected chi connectivity index (χ3v) is 3.85. The maximum absolute atomic E-state index is 12.6. The van der Waals surface area contributed by atoms with Gasteiger partial charge in [-0.3, -0.25) is 4.79 Å². The third kappa shape index (κ3) is 3.51. The van der Waals surface area contributed by atoms with Gasteiger partial charge in [0.05, 0.1) is 0 Å². The zero-order valence-electron chi connectivity index (χ0n) is 12.0. The molecule has 4 nitrogen and oxygen atoms in total. The summed E-state index contributed by atoms with van der Waals surface area (Å²) in [5.74, 6) is 0.0811. The van der Waals surface area contributed by atoms with Crippen molar-refractivity contribution in [1.82, 2.24) is 9.80 Å². The van der Waals surface area contributed by atoms with Gasteiger partial charge in [-0.25, -0.2) is 0 Å². The van der Waals surface area contributed by atoms with Crippen molar-refractivity contribution in [2.75, 3.05) is 20.1 Å². The maximum atomic E-state index is 12.6. The van der Waals surface area contributed by atoms with E-state index in [1.165, 1.54) is 11.3 Å². The van der Waals surface area contributed by atoms with Crippen LogP contribution in [0.2, 0.25) is 0 Å². The number of rotatable bonds is 4. The maximum Gasteiger partial charge on any atom is 0.246 e. The Bertz CT molecular complexity index is 474. The number of likely N-dealkylation sites (N-methyl/N-ethyl adjacent to an activating group) is 1. The molecular weight excluding hydrogens is 250 g/mol. The van der Waals surface area contributed by atoms with Crippen LogP contribution in [-0.2, 0) is 11.2 Å². The van der Waals surface area contributed by atoms with Crippen molar-refractivity contribution in [3.05, 3.63) is 35.9 Å². The molecule has 0 N–H and O–H groups in total. The second-order valence-electron chi connectivity index (χ2n) is 5.30. The average Bonchev–Trinajstić information content (AvgIpc) is 2.53. The molecular formula is C16H21N3O. The Morgan fingerprint density at radius 3 is 2.55 bits per heavy atom. The second kappa shape index (κ2) is 6.95. The normalized spacial score (nSPS) is 16.3. The Labute approximate surface area is 120 Å². The number of piperidine rings is 1. The van der Waals surface area contributed by atoms with Crippen LogP contribution in [0.3, 0.4) is 0 Å². The van der Waals surface area contributed by atoms with Crippen LogP contribution in [0.5, 0.6) is 0 Å². The van der Waals surface area contributed by atoms with Crippen molar-refractivity contribution >= 4 is 5.91 Å². The van der Waals surface area contributed by atoms with Crippen LogP contribution >= 0.6 is 0 Å². The molecule has 4 heteroatoms. The topological polar surface area (TPSA) is 47.3 Å². The molecule has 0 saturated carbocycles. The average molecular weight is 271 g/mol. The van der Waals surface area contributed by atoms with E-state index < -0.39 is 0 Å². The second-order valence-corrected chi connectivity index (χ2v) is 5.30. The van der Waals surface area contributed by atoms with Crippen LogP contribution in [0.15, 0.2) is 30.3 Å². The monoisotopic (exact) mass is 271 g/mol. The first-order chi connectivity index (χ1) is 9.72. The first-order valence-electron chi connectivity index (χ1n) is 7.17. The van der Waals surface area contributed by atoms with E-state index in [2.05, 4.69) is 6.19 Å². The minimum absolute atomic E-state index is 0.0811. The van der Waals surface area contributed by atoms with Crippen LogP contribution in [0.1, 0.15) is 24.8 Å². The van der Waals surface area contributed by atoms with E-state index in [0.29, 0.717) is 6.42 Å². The van der Waals surface area contributed by atoms with Gasteiger partial charge in [-0.1, -0.05) is 30.3 Å². The minimum atomic E-state index is -0.388. The molecule has 106 valence electrons. The molecule has 2 rings (SSSR count). The Morgan fingerprint density at radius 2 is 1.95 bits per heavy atom. The van der Waals surface area contributed by atoms with Crippen LogP contribution in [0.25, 0.3) is 0 Å². The Hall–Kier alpha value is -2.02. The van der Waals surface area contributed by atoms with Gasteiger partial charge in [0.1, 0.15) is 6.04 Å². The molecule has 1 saturated heterocycles. The van der Waals surface area contributed by atoms with Crippen LogP contribution < -0.4 is 0 Å². The summed E-state index contributed by atoms with van der Waals surface area (Å²) in [6, 6.07) is 9.50. The number of likely N-dealkylation sites (tertiary alicyclic amines) is 1. The number of carbonyl (C=O) groups excluding carboxylic acids is 1. The Morgan fingerprint density at radius 1 is 1.30 bits per heavy atom. The SMILES string of the molecule is CN(C#N)C(Cc1ccccc1)C(=O)N1CCCCC1. The van der Waals surface area contributed by atoms with E-state index in [0.717, 1.165) is 31.5 Å². The van der Waals surface area contributed by atoms with Gasteiger partial charge in [0.25, 0.3) is 0 Å². The smallest absolute Gasteiger partial charge is 0.246 e. The number of amides is 1. The van der Waals surface area contributed by atoms with E-state index in [4.69, 9.17) is 5.26 Å². The molecule has 1 fully saturated rings. The number of nitriles is 1. The van der Waals surface area contributed by atoms with Gasteiger partial charge in [-0.2, -0.15) is 5.26 Å². The highest BCUT2D eigenvalue weighted by molar-refractivity contribution is 5.82. The highest BCUT2D eigenvalue weighted by Crippen LogP contribution is 2.15. The van der Waals surface area contributed by atoms with Gasteiger partial charge in [0, 0.05) is 26.6 Å². The lowest BCUT2D eigenvalue weighted by atomic mass is 10.0. The summed E-state index contributed by atoms with van der Waals surface area (Å²) in [4.78, 5) is 16.0. The Kier molecular flexibility index (Phi) is 5.00. The van der Waals surface area contributed by atoms with Gasteiger partial charge in [0.2, 0.25) is 5.91 Å². The van der Waals surface area contributed by atoms with Crippen molar-refractivity contribution in [3.63, 3.8) is 0 Å². The summed E-state index contributed by atoms with van der Waals surface area (Å²) in [7, 11) is 1.69. The van der Waals surface area contributed by atoms with E-state index >= 15 is 0 Å².